The van der Waals surface area contributed by atoms with Gasteiger partial charge in [-0.15, -0.1) is 12.4 Å². The topological polar surface area (TPSA) is 71.3 Å². The Morgan fingerprint density at radius 3 is 2.41 bits per heavy atom. The van der Waals surface area contributed by atoms with E-state index in [1.165, 1.54) is 6.07 Å². The van der Waals surface area contributed by atoms with Crippen LogP contribution in [-0.4, -0.2) is 28.1 Å². The van der Waals surface area contributed by atoms with Crippen molar-refractivity contribution in [2.45, 2.75) is 25.7 Å². The van der Waals surface area contributed by atoms with Crippen LogP contribution in [-0.2, 0) is 10.0 Å². The normalized spacial score (nSPS) is 11.2. The Bertz CT molecular complexity index is 442. The lowest BCUT2D eigenvalue weighted by molar-refractivity contribution is 0.495. The summed E-state index contributed by atoms with van der Waals surface area (Å²) in [5.74, 6) is 1.03. The molecule has 1 heterocycles. The molecule has 1 aromatic rings. The van der Waals surface area contributed by atoms with Gasteiger partial charge in [0.1, 0.15) is 16.4 Å². The average Bonchev–Trinajstić information content (AvgIpc) is 2.53. The Kier molecular flexibility index (Phi) is 6.77. The lowest BCUT2D eigenvalue weighted by atomic mass is 10.4. The molecule has 7 heteroatoms. The standard InChI is InChI=1S/C10H18N2O3S.ClH/c1-4-11-5-6-12-16(13,14)10-7-8(2)15-9(10)3;/h7,11-12H,4-6H2,1-3H3;1H. The van der Waals surface area contributed by atoms with Crippen molar-refractivity contribution in [1.29, 1.82) is 0 Å². The molecule has 2 N–H and O–H groups in total. The van der Waals surface area contributed by atoms with Gasteiger partial charge in [0, 0.05) is 13.1 Å². The second-order valence-corrected chi connectivity index (χ2v) is 5.26. The molecule has 17 heavy (non-hydrogen) atoms. The third-order valence-corrected chi connectivity index (χ3v) is 3.70. The Balaban J connectivity index is 0.00000256. The molecule has 0 radical (unpaired) electrons. The zero-order valence-corrected chi connectivity index (χ0v) is 11.9. The molecule has 0 fully saturated rings. The van der Waals surface area contributed by atoms with E-state index in [1.54, 1.807) is 13.8 Å². The van der Waals surface area contributed by atoms with Crippen LogP contribution in [0, 0.1) is 13.8 Å². The predicted octanol–water partition coefficient (Wildman–Crippen LogP) is 1.21. The number of rotatable bonds is 6. The van der Waals surface area contributed by atoms with Gasteiger partial charge in [-0.25, -0.2) is 13.1 Å². The van der Waals surface area contributed by atoms with Gasteiger partial charge in [-0.2, -0.15) is 0 Å². The van der Waals surface area contributed by atoms with Crippen molar-refractivity contribution in [2.24, 2.45) is 0 Å². The summed E-state index contributed by atoms with van der Waals surface area (Å²) in [6.07, 6.45) is 0. The molecule has 0 aliphatic heterocycles. The maximum Gasteiger partial charge on any atom is 0.244 e. The Hall–Kier alpha value is -0.560. The summed E-state index contributed by atoms with van der Waals surface area (Å²) in [6, 6.07) is 1.53. The second-order valence-electron chi connectivity index (χ2n) is 3.53. The van der Waals surface area contributed by atoms with Gasteiger partial charge in [0.05, 0.1) is 0 Å². The molecule has 0 amide bonds. The zero-order chi connectivity index (χ0) is 12.2. The van der Waals surface area contributed by atoms with Gasteiger partial charge >= 0.3 is 0 Å². The molecule has 1 rings (SSSR count). The molecule has 0 saturated heterocycles. The summed E-state index contributed by atoms with van der Waals surface area (Å²) >= 11 is 0. The largest absolute Gasteiger partial charge is 0.465 e. The van der Waals surface area contributed by atoms with Gasteiger partial charge in [0.25, 0.3) is 0 Å². The van der Waals surface area contributed by atoms with E-state index in [9.17, 15) is 8.42 Å². The highest BCUT2D eigenvalue weighted by Gasteiger charge is 2.19. The molecular formula is C10H19ClN2O3S. The minimum Gasteiger partial charge on any atom is -0.465 e. The van der Waals surface area contributed by atoms with Crippen LogP contribution in [0.1, 0.15) is 18.4 Å². The molecule has 5 nitrogen and oxygen atoms in total. The SMILES string of the molecule is CCNCCNS(=O)(=O)c1cc(C)oc1C.Cl. The van der Waals surface area contributed by atoms with Gasteiger partial charge in [-0.05, 0) is 26.5 Å². The van der Waals surface area contributed by atoms with Crippen LogP contribution in [0.5, 0.6) is 0 Å². The van der Waals surface area contributed by atoms with Gasteiger partial charge in [-0.1, -0.05) is 6.92 Å². The van der Waals surface area contributed by atoms with Gasteiger partial charge < -0.3 is 9.73 Å². The minimum atomic E-state index is -3.43. The molecule has 0 saturated carbocycles. The summed E-state index contributed by atoms with van der Waals surface area (Å²) in [5, 5.41) is 3.04. The first-order chi connectivity index (χ1) is 7.47. The van der Waals surface area contributed by atoms with Crippen LogP contribution < -0.4 is 10.0 Å². The predicted molar refractivity (Wildman–Crippen MR) is 69.2 cm³/mol. The van der Waals surface area contributed by atoms with Gasteiger partial charge in [-0.3, -0.25) is 0 Å². The molecule has 0 bridgehead atoms. The van der Waals surface area contributed by atoms with E-state index in [0.717, 1.165) is 6.54 Å². The Labute approximate surface area is 108 Å². The van der Waals surface area contributed by atoms with Crippen LogP contribution in [0.4, 0.5) is 0 Å². The number of aryl methyl sites for hydroxylation is 2. The summed E-state index contributed by atoms with van der Waals surface area (Å²) in [7, 11) is -3.43. The van der Waals surface area contributed by atoms with Crippen LogP contribution in [0.2, 0.25) is 0 Å². The van der Waals surface area contributed by atoms with E-state index in [0.29, 0.717) is 24.6 Å². The smallest absolute Gasteiger partial charge is 0.244 e. The van der Waals surface area contributed by atoms with Gasteiger partial charge in [0.15, 0.2) is 0 Å². The highest BCUT2D eigenvalue weighted by atomic mass is 35.5. The fraction of sp³-hybridized carbons (Fsp3) is 0.600. The van der Waals surface area contributed by atoms with Crippen LogP contribution in [0.15, 0.2) is 15.4 Å². The molecule has 0 unspecified atom stereocenters. The van der Waals surface area contributed by atoms with Crippen molar-refractivity contribution < 1.29 is 12.8 Å². The van der Waals surface area contributed by atoms with Crippen LogP contribution in [0.3, 0.4) is 0 Å². The van der Waals surface area contributed by atoms with Crippen molar-refractivity contribution in [1.82, 2.24) is 10.0 Å². The van der Waals surface area contributed by atoms with E-state index >= 15 is 0 Å². The first kappa shape index (κ1) is 16.4. The van der Waals surface area contributed by atoms with E-state index < -0.39 is 10.0 Å². The quantitative estimate of drug-likeness (QED) is 0.769. The first-order valence-corrected chi connectivity index (χ1v) is 6.73. The molecule has 0 atom stereocenters. The van der Waals surface area contributed by atoms with Crippen molar-refractivity contribution in [3.8, 4) is 0 Å². The summed E-state index contributed by atoms with van der Waals surface area (Å²) < 4.78 is 31.4. The van der Waals surface area contributed by atoms with Gasteiger partial charge in [0.2, 0.25) is 10.0 Å². The summed E-state index contributed by atoms with van der Waals surface area (Å²) in [6.45, 7) is 7.16. The Morgan fingerprint density at radius 1 is 1.29 bits per heavy atom. The fourth-order valence-corrected chi connectivity index (χ4v) is 2.67. The zero-order valence-electron chi connectivity index (χ0n) is 10.2. The summed E-state index contributed by atoms with van der Waals surface area (Å²) in [4.78, 5) is 0.224. The van der Waals surface area contributed by atoms with Crippen molar-refractivity contribution in [3.63, 3.8) is 0 Å². The number of halogens is 1. The van der Waals surface area contributed by atoms with Crippen LogP contribution >= 0.6 is 12.4 Å². The maximum atomic E-state index is 11.8. The third-order valence-electron chi connectivity index (χ3n) is 2.13. The summed E-state index contributed by atoms with van der Waals surface area (Å²) in [5.41, 5.74) is 0. The molecule has 0 spiro atoms. The van der Waals surface area contributed by atoms with Crippen molar-refractivity contribution >= 4 is 22.4 Å². The maximum absolute atomic E-state index is 11.8. The molecule has 1 aromatic heterocycles. The molecule has 100 valence electrons. The monoisotopic (exact) mass is 282 g/mol. The lowest BCUT2D eigenvalue weighted by Gasteiger charge is -2.05. The molecular weight excluding hydrogens is 264 g/mol. The van der Waals surface area contributed by atoms with E-state index in [-0.39, 0.29) is 17.3 Å². The molecule has 0 aliphatic rings. The average molecular weight is 283 g/mol. The third kappa shape index (κ3) is 4.67. The van der Waals surface area contributed by atoms with Crippen molar-refractivity contribution in [2.75, 3.05) is 19.6 Å². The van der Waals surface area contributed by atoms with Crippen LogP contribution in [0.25, 0.3) is 0 Å². The number of hydrogen-bond acceptors (Lipinski definition) is 4. The molecule has 0 aromatic carbocycles. The lowest BCUT2D eigenvalue weighted by Crippen LogP contribution is -2.31. The fourth-order valence-electron chi connectivity index (χ4n) is 1.40. The second kappa shape index (κ2) is 7.00. The number of sulfonamides is 1. The highest BCUT2D eigenvalue weighted by Crippen LogP contribution is 2.18. The number of furan rings is 1. The minimum absolute atomic E-state index is 0. The first-order valence-electron chi connectivity index (χ1n) is 5.24. The molecule has 0 aliphatic carbocycles. The van der Waals surface area contributed by atoms with Crippen molar-refractivity contribution in [3.05, 3.63) is 17.6 Å². The van der Waals surface area contributed by atoms with E-state index in [1.807, 2.05) is 6.92 Å². The Morgan fingerprint density at radius 2 is 1.94 bits per heavy atom. The number of likely N-dealkylation sites (N-methyl/N-ethyl adjacent to an activating group) is 1. The highest BCUT2D eigenvalue weighted by molar-refractivity contribution is 7.89. The number of hydrogen-bond donors (Lipinski definition) is 2. The van der Waals surface area contributed by atoms with E-state index in [4.69, 9.17) is 4.42 Å². The van der Waals surface area contributed by atoms with E-state index in [2.05, 4.69) is 10.0 Å². The number of nitrogens with one attached hydrogen (secondary N) is 2.